The van der Waals surface area contributed by atoms with Crippen LogP contribution in [0.2, 0.25) is 0 Å². The van der Waals surface area contributed by atoms with E-state index in [1.54, 1.807) is 35.9 Å². The quantitative estimate of drug-likeness (QED) is 0.584. The summed E-state index contributed by atoms with van der Waals surface area (Å²) in [6, 6.07) is 9.33. The second kappa shape index (κ2) is 8.96. The Balaban J connectivity index is 2.15. The second-order valence-electron chi connectivity index (χ2n) is 6.22. The van der Waals surface area contributed by atoms with E-state index >= 15 is 0 Å². The molecule has 2 aromatic carbocycles. The first kappa shape index (κ1) is 22.0. The van der Waals surface area contributed by atoms with Crippen molar-refractivity contribution in [1.29, 1.82) is 0 Å². The summed E-state index contributed by atoms with van der Waals surface area (Å²) < 4.78 is 41.4. The highest BCUT2D eigenvalue weighted by molar-refractivity contribution is 7.89. The van der Waals surface area contributed by atoms with Gasteiger partial charge in [0, 0.05) is 25.3 Å². The van der Waals surface area contributed by atoms with E-state index in [0.717, 1.165) is 5.52 Å². The van der Waals surface area contributed by atoms with E-state index in [9.17, 15) is 13.2 Å². The Morgan fingerprint density at radius 2 is 1.77 bits per heavy atom. The lowest BCUT2D eigenvalue weighted by molar-refractivity contribution is 0.0996. The molecule has 0 saturated heterocycles. The summed E-state index contributed by atoms with van der Waals surface area (Å²) in [5.74, 6) is 0.445. The number of ether oxygens (including phenoxy) is 3. The van der Waals surface area contributed by atoms with Crippen LogP contribution >= 0.6 is 11.3 Å². The Hall–Kier alpha value is -2.73. The lowest BCUT2D eigenvalue weighted by Gasteiger charge is -2.06. The number of fused-ring (bicyclic) bond motifs is 1. The molecule has 2 N–H and O–H groups in total. The number of sulfonamides is 1. The Bertz CT molecular complexity index is 1240. The van der Waals surface area contributed by atoms with Crippen molar-refractivity contribution in [3.63, 3.8) is 0 Å². The molecular formula is C19H21N3O6S2. The molecule has 1 aromatic heterocycles. The van der Waals surface area contributed by atoms with Crippen molar-refractivity contribution >= 4 is 37.5 Å². The predicted octanol–water partition coefficient (Wildman–Crippen LogP) is 1.75. The van der Waals surface area contributed by atoms with Crippen LogP contribution in [0.15, 0.2) is 46.3 Å². The molecule has 0 unspecified atom stereocenters. The third-order valence-electron chi connectivity index (χ3n) is 4.30. The minimum absolute atomic E-state index is 0.00875. The first-order valence-electron chi connectivity index (χ1n) is 8.74. The number of nitrogens with two attached hydrogens (primary N) is 1. The Labute approximate surface area is 177 Å². The molecule has 0 aliphatic rings. The molecule has 0 spiro atoms. The number of benzene rings is 2. The standard InChI is InChI=1S/C19H21N3O6S2/c1-26-7-6-22-16-5-4-15(30(20,24)25)11-17(16)29-19(22)21-18(23)12-8-13(27-2)10-14(9-12)28-3/h4-5,8-11H,6-7H2,1-3H3,(H2,20,24,25). The number of hydrogen-bond acceptors (Lipinski definition) is 7. The zero-order chi connectivity index (χ0) is 21.9. The molecule has 9 nitrogen and oxygen atoms in total. The molecule has 0 aliphatic carbocycles. The Morgan fingerprint density at radius 1 is 1.10 bits per heavy atom. The van der Waals surface area contributed by atoms with Crippen molar-refractivity contribution < 1.29 is 27.4 Å². The van der Waals surface area contributed by atoms with Crippen LogP contribution < -0.4 is 19.4 Å². The summed E-state index contributed by atoms with van der Waals surface area (Å²) in [6.45, 7) is 0.815. The first-order valence-corrected chi connectivity index (χ1v) is 11.1. The van der Waals surface area contributed by atoms with Gasteiger partial charge in [0.25, 0.3) is 5.91 Å². The summed E-state index contributed by atoms with van der Waals surface area (Å²) in [5, 5.41) is 5.23. The molecule has 0 atom stereocenters. The molecule has 0 saturated carbocycles. The summed E-state index contributed by atoms with van der Waals surface area (Å²) in [4.78, 5) is 17.5. The maximum Gasteiger partial charge on any atom is 0.279 e. The number of aromatic nitrogens is 1. The topological polar surface area (TPSA) is 122 Å². The van der Waals surface area contributed by atoms with Gasteiger partial charge in [0.05, 0.1) is 35.9 Å². The molecule has 3 aromatic rings. The van der Waals surface area contributed by atoms with Gasteiger partial charge < -0.3 is 18.8 Å². The fourth-order valence-electron chi connectivity index (χ4n) is 2.80. The van der Waals surface area contributed by atoms with Gasteiger partial charge in [-0.1, -0.05) is 11.3 Å². The zero-order valence-corrected chi connectivity index (χ0v) is 18.2. The minimum atomic E-state index is -3.85. The van der Waals surface area contributed by atoms with Crippen LogP contribution in [0.4, 0.5) is 0 Å². The van der Waals surface area contributed by atoms with Gasteiger partial charge in [-0.3, -0.25) is 4.79 Å². The molecule has 160 valence electrons. The van der Waals surface area contributed by atoms with Crippen LogP contribution in [0.25, 0.3) is 10.2 Å². The lowest BCUT2D eigenvalue weighted by atomic mass is 10.2. The molecule has 0 fully saturated rings. The van der Waals surface area contributed by atoms with Crippen LogP contribution in [0.1, 0.15) is 10.4 Å². The fourth-order valence-corrected chi connectivity index (χ4v) is 4.51. The van der Waals surface area contributed by atoms with Crippen molar-refractivity contribution in [2.24, 2.45) is 10.1 Å². The summed E-state index contributed by atoms with van der Waals surface area (Å²) in [6.07, 6.45) is 0. The molecule has 0 bridgehead atoms. The second-order valence-corrected chi connectivity index (χ2v) is 8.79. The molecule has 11 heteroatoms. The number of nitrogens with zero attached hydrogens (tertiary/aromatic N) is 2. The van der Waals surface area contributed by atoms with Crippen LogP contribution in [-0.2, 0) is 21.3 Å². The van der Waals surface area contributed by atoms with Gasteiger partial charge in [0.15, 0.2) is 4.80 Å². The first-order chi connectivity index (χ1) is 14.3. The van der Waals surface area contributed by atoms with Crippen LogP contribution in [0.5, 0.6) is 11.5 Å². The van der Waals surface area contributed by atoms with Crippen molar-refractivity contribution in [2.45, 2.75) is 11.4 Å². The lowest BCUT2D eigenvalue weighted by Crippen LogP contribution is -2.19. The van der Waals surface area contributed by atoms with E-state index in [2.05, 4.69) is 4.99 Å². The molecule has 1 amide bonds. The minimum Gasteiger partial charge on any atom is -0.497 e. The van der Waals surface area contributed by atoms with Crippen molar-refractivity contribution in [3.8, 4) is 11.5 Å². The number of hydrogen-bond donors (Lipinski definition) is 1. The van der Waals surface area contributed by atoms with Crippen molar-refractivity contribution in [2.75, 3.05) is 27.9 Å². The van der Waals surface area contributed by atoms with Gasteiger partial charge >= 0.3 is 0 Å². The predicted molar refractivity (Wildman–Crippen MR) is 113 cm³/mol. The van der Waals surface area contributed by atoms with Gasteiger partial charge in [-0.25, -0.2) is 13.6 Å². The normalized spacial score (nSPS) is 12.3. The number of rotatable bonds is 7. The molecule has 3 rings (SSSR count). The highest BCUT2D eigenvalue weighted by Gasteiger charge is 2.14. The maximum absolute atomic E-state index is 12.8. The number of amides is 1. The van der Waals surface area contributed by atoms with E-state index in [0.29, 0.717) is 39.7 Å². The summed E-state index contributed by atoms with van der Waals surface area (Å²) in [7, 11) is 0.707. The van der Waals surface area contributed by atoms with Gasteiger partial charge in [-0.2, -0.15) is 4.99 Å². The van der Waals surface area contributed by atoms with Gasteiger partial charge in [0.1, 0.15) is 11.5 Å². The number of primary sulfonamides is 1. The number of methoxy groups -OCH3 is 3. The van der Waals surface area contributed by atoms with E-state index in [1.807, 2.05) is 0 Å². The van der Waals surface area contributed by atoms with Gasteiger partial charge in [-0.15, -0.1) is 0 Å². The number of thiazole rings is 1. The van der Waals surface area contributed by atoms with Crippen LogP contribution in [0, 0.1) is 0 Å². The molecule has 0 aliphatic heterocycles. The van der Waals surface area contributed by atoms with E-state index in [4.69, 9.17) is 19.3 Å². The van der Waals surface area contributed by atoms with Gasteiger partial charge in [-0.05, 0) is 30.3 Å². The number of carbonyl (C=O) groups is 1. The fraction of sp³-hybridized carbons (Fsp3) is 0.263. The third-order valence-corrected chi connectivity index (χ3v) is 6.25. The molecular weight excluding hydrogens is 430 g/mol. The maximum atomic E-state index is 12.8. The summed E-state index contributed by atoms with van der Waals surface area (Å²) in [5.41, 5.74) is 1.02. The van der Waals surface area contributed by atoms with Crippen LogP contribution in [0.3, 0.4) is 0 Å². The Morgan fingerprint density at radius 3 is 2.33 bits per heavy atom. The largest absolute Gasteiger partial charge is 0.497 e. The average Bonchev–Trinajstić information content (AvgIpc) is 3.07. The van der Waals surface area contributed by atoms with E-state index in [1.165, 1.54) is 37.7 Å². The van der Waals surface area contributed by atoms with E-state index in [-0.39, 0.29) is 4.90 Å². The van der Waals surface area contributed by atoms with Crippen molar-refractivity contribution in [3.05, 3.63) is 46.8 Å². The molecule has 1 heterocycles. The third kappa shape index (κ3) is 4.70. The molecule has 0 radical (unpaired) electrons. The number of carbonyl (C=O) groups excluding carboxylic acids is 1. The van der Waals surface area contributed by atoms with Gasteiger partial charge in [0.2, 0.25) is 10.0 Å². The zero-order valence-electron chi connectivity index (χ0n) is 16.6. The van der Waals surface area contributed by atoms with E-state index < -0.39 is 15.9 Å². The van der Waals surface area contributed by atoms with Crippen molar-refractivity contribution in [1.82, 2.24) is 4.57 Å². The monoisotopic (exact) mass is 451 g/mol. The smallest absolute Gasteiger partial charge is 0.279 e. The van der Waals surface area contributed by atoms with Crippen LogP contribution in [-0.4, -0.2) is 46.8 Å². The Kier molecular flexibility index (Phi) is 6.56. The molecule has 30 heavy (non-hydrogen) atoms. The summed E-state index contributed by atoms with van der Waals surface area (Å²) >= 11 is 1.18. The average molecular weight is 452 g/mol. The SMILES string of the molecule is COCCn1c(=NC(=O)c2cc(OC)cc(OC)c2)sc2cc(S(N)(=O)=O)ccc21. The highest BCUT2D eigenvalue weighted by Crippen LogP contribution is 2.24. The highest BCUT2D eigenvalue weighted by atomic mass is 32.2.